The topological polar surface area (TPSA) is 59.6 Å². The molecule has 0 fully saturated rings. The molecule has 0 unspecified atom stereocenters. The van der Waals surface area contributed by atoms with Crippen molar-refractivity contribution in [3.8, 4) is 22.6 Å². The first-order chi connectivity index (χ1) is 14.2. The summed E-state index contributed by atoms with van der Waals surface area (Å²) in [6, 6.07) is 8.76. The molecule has 0 heterocycles. The smallest absolute Gasteiger partial charge is 0.244 e. The lowest BCUT2D eigenvalue weighted by molar-refractivity contribution is -0.116. The minimum absolute atomic E-state index is 0.0384. The number of rotatable bonds is 8. The number of amides is 1. The van der Waals surface area contributed by atoms with Crippen molar-refractivity contribution in [2.45, 2.75) is 46.7 Å². The minimum Gasteiger partial charge on any atom is -0.496 e. The molecule has 0 aliphatic carbocycles. The lowest BCUT2D eigenvalue weighted by Crippen LogP contribution is -2.28. The van der Waals surface area contributed by atoms with E-state index in [1.807, 2.05) is 40.7 Å². The summed E-state index contributed by atoms with van der Waals surface area (Å²) in [5, 5.41) is 6.02. The molecule has 0 aromatic heterocycles. The van der Waals surface area contributed by atoms with Crippen molar-refractivity contribution in [1.82, 2.24) is 5.32 Å². The van der Waals surface area contributed by atoms with Crippen LogP contribution in [0.15, 0.2) is 36.4 Å². The van der Waals surface area contributed by atoms with Gasteiger partial charge in [0.05, 0.1) is 14.2 Å². The highest BCUT2D eigenvalue weighted by atomic mass is 19.1. The summed E-state index contributed by atoms with van der Waals surface area (Å²) in [4.78, 5) is 12.1. The van der Waals surface area contributed by atoms with Gasteiger partial charge in [-0.2, -0.15) is 0 Å². The Bertz CT molecular complexity index is 936. The summed E-state index contributed by atoms with van der Waals surface area (Å²) in [6.07, 6.45) is 1.52. The summed E-state index contributed by atoms with van der Waals surface area (Å²) in [6.45, 7) is 9.61. The van der Waals surface area contributed by atoms with Crippen LogP contribution in [0.1, 0.15) is 40.2 Å². The van der Waals surface area contributed by atoms with Gasteiger partial charge in [0.25, 0.3) is 0 Å². The molecule has 2 N–H and O–H groups in total. The molecule has 162 valence electrons. The predicted molar refractivity (Wildman–Crippen MR) is 121 cm³/mol. The molecule has 0 aliphatic rings. The van der Waals surface area contributed by atoms with Crippen LogP contribution in [-0.2, 0) is 4.79 Å². The molecule has 0 spiro atoms. The van der Waals surface area contributed by atoms with Crippen LogP contribution in [0.2, 0.25) is 0 Å². The van der Waals surface area contributed by atoms with Gasteiger partial charge in [0.1, 0.15) is 17.3 Å². The number of allylic oxidation sites excluding steroid dienone is 1. The Hall–Kier alpha value is -3.02. The third-order valence-corrected chi connectivity index (χ3v) is 4.44. The third-order valence-electron chi connectivity index (χ3n) is 4.44. The fraction of sp³-hybridized carbons (Fsp3) is 0.375. The van der Waals surface area contributed by atoms with Gasteiger partial charge in [-0.3, -0.25) is 4.79 Å². The number of anilines is 1. The quantitative estimate of drug-likeness (QED) is 0.579. The number of nitrogens with one attached hydrogen (secondary N) is 2. The van der Waals surface area contributed by atoms with Crippen molar-refractivity contribution in [2.24, 2.45) is 0 Å². The molecule has 0 bridgehead atoms. The SMILES string of the molecule is COc1cc(-c2ccc(NC(C)C)cc2F)c(OC)cc1C(C)=CC(=O)NC(C)C. The van der Waals surface area contributed by atoms with Crippen molar-refractivity contribution >= 4 is 17.2 Å². The van der Waals surface area contributed by atoms with Crippen LogP contribution in [0, 0.1) is 5.82 Å². The van der Waals surface area contributed by atoms with Crippen molar-refractivity contribution in [3.05, 3.63) is 47.8 Å². The highest BCUT2D eigenvalue weighted by Gasteiger charge is 2.17. The second-order valence-corrected chi connectivity index (χ2v) is 7.74. The third kappa shape index (κ3) is 5.75. The van der Waals surface area contributed by atoms with E-state index in [4.69, 9.17) is 9.47 Å². The number of hydrogen-bond acceptors (Lipinski definition) is 4. The summed E-state index contributed by atoms with van der Waals surface area (Å²) in [5.41, 5.74) is 3.11. The molecule has 0 aliphatic heterocycles. The molecular formula is C24H31FN2O3. The maximum atomic E-state index is 14.9. The zero-order valence-corrected chi connectivity index (χ0v) is 18.7. The molecule has 2 aromatic rings. The summed E-state index contributed by atoms with van der Waals surface area (Å²) < 4.78 is 26.0. The Morgan fingerprint density at radius 2 is 1.63 bits per heavy atom. The van der Waals surface area contributed by atoms with E-state index in [1.165, 1.54) is 19.3 Å². The van der Waals surface area contributed by atoms with Crippen molar-refractivity contribution in [1.29, 1.82) is 0 Å². The van der Waals surface area contributed by atoms with Gasteiger partial charge in [-0.15, -0.1) is 0 Å². The van der Waals surface area contributed by atoms with Gasteiger partial charge in [-0.25, -0.2) is 4.39 Å². The van der Waals surface area contributed by atoms with Crippen LogP contribution >= 0.6 is 0 Å². The van der Waals surface area contributed by atoms with E-state index in [-0.39, 0.29) is 23.8 Å². The van der Waals surface area contributed by atoms with E-state index in [1.54, 1.807) is 25.3 Å². The number of hydrogen-bond donors (Lipinski definition) is 2. The van der Waals surface area contributed by atoms with Gasteiger partial charge in [0, 0.05) is 40.5 Å². The molecule has 2 aromatic carbocycles. The molecule has 0 radical (unpaired) electrons. The van der Waals surface area contributed by atoms with Gasteiger partial charge in [-0.1, -0.05) is 0 Å². The normalized spacial score (nSPS) is 11.6. The van der Waals surface area contributed by atoms with Crippen LogP contribution < -0.4 is 20.1 Å². The zero-order valence-electron chi connectivity index (χ0n) is 18.7. The van der Waals surface area contributed by atoms with Gasteiger partial charge in [-0.05, 0) is 70.5 Å². The number of carbonyl (C=O) groups is 1. The Morgan fingerprint density at radius 1 is 0.967 bits per heavy atom. The molecule has 0 saturated carbocycles. The monoisotopic (exact) mass is 414 g/mol. The maximum absolute atomic E-state index is 14.9. The van der Waals surface area contributed by atoms with Crippen LogP contribution in [0.5, 0.6) is 11.5 Å². The fourth-order valence-corrected chi connectivity index (χ4v) is 3.17. The number of methoxy groups -OCH3 is 2. The summed E-state index contributed by atoms with van der Waals surface area (Å²) in [5.74, 6) is 0.469. The molecule has 30 heavy (non-hydrogen) atoms. The molecule has 1 amide bonds. The number of ether oxygens (including phenoxy) is 2. The second kappa shape index (κ2) is 10.1. The highest BCUT2D eigenvalue weighted by Crippen LogP contribution is 2.40. The first kappa shape index (κ1) is 23.3. The molecule has 0 atom stereocenters. The van der Waals surface area contributed by atoms with Crippen LogP contribution in [0.4, 0.5) is 10.1 Å². The van der Waals surface area contributed by atoms with Crippen LogP contribution in [0.3, 0.4) is 0 Å². The lowest BCUT2D eigenvalue weighted by Gasteiger charge is -2.17. The molecule has 2 rings (SSSR count). The summed E-state index contributed by atoms with van der Waals surface area (Å²) in [7, 11) is 3.08. The number of benzene rings is 2. The van der Waals surface area contributed by atoms with Crippen molar-refractivity contribution in [3.63, 3.8) is 0 Å². The highest BCUT2D eigenvalue weighted by molar-refractivity contribution is 5.96. The Balaban J connectivity index is 2.52. The fourth-order valence-electron chi connectivity index (χ4n) is 3.17. The Labute approximate surface area is 178 Å². The van der Waals surface area contributed by atoms with Crippen molar-refractivity contribution in [2.75, 3.05) is 19.5 Å². The van der Waals surface area contributed by atoms with E-state index < -0.39 is 0 Å². The minimum atomic E-state index is -0.364. The van der Waals surface area contributed by atoms with E-state index in [0.717, 1.165) is 0 Å². The van der Waals surface area contributed by atoms with Gasteiger partial charge >= 0.3 is 0 Å². The average molecular weight is 415 g/mol. The number of carbonyl (C=O) groups excluding carboxylic acids is 1. The van der Waals surface area contributed by atoms with Gasteiger partial charge in [0.15, 0.2) is 0 Å². The van der Waals surface area contributed by atoms with Crippen LogP contribution in [-0.4, -0.2) is 32.2 Å². The average Bonchev–Trinajstić information content (AvgIpc) is 2.65. The molecule has 0 saturated heterocycles. The standard InChI is InChI=1S/C24H31FN2O3/c1-14(2)26-17-8-9-18(21(25)11-17)20-13-22(29-6)19(12-23(20)30-7)16(5)10-24(28)27-15(3)4/h8-15,26H,1-7H3,(H,27,28). The van der Waals surface area contributed by atoms with E-state index in [9.17, 15) is 9.18 Å². The number of halogens is 1. The lowest BCUT2D eigenvalue weighted by atomic mass is 9.97. The Morgan fingerprint density at radius 3 is 2.17 bits per heavy atom. The molecular weight excluding hydrogens is 383 g/mol. The first-order valence-electron chi connectivity index (χ1n) is 9.97. The van der Waals surface area contributed by atoms with E-state index in [0.29, 0.717) is 39.4 Å². The van der Waals surface area contributed by atoms with E-state index >= 15 is 0 Å². The zero-order chi connectivity index (χ0) is 22.4. The van der Waals surface area contributed by atoms with Gasteiger partial charge < -0.3 is 20.1 Å². The predicted octanol–water partition coefficient (Wildman–Crippen LogP) is 5.26. The molecule has 6 heteroatoms. The largest absolute Gasteiger partial charge is 0.496 e. The first-order valence-corrected chi connectivity index (χ1v) is 9.97. The van der Waals surface area contributed by atoms with Gasteiger partial charge in [0.2, 0.25) is 5.91 Å². The Kier molecular flexibility index (Phi) is 7.86. The van der Waals surface area contributed by atoms with Crippen LogP contribution in [0.25, 0.3) is 16.7 Å². The summed E-state index contributed by atoms with van der Waals surface area (Å²) >= 11 is 0. The second-order valence-electron chi connectivity index (χ2n) is 7.74. The van der Waals surface area contributed by atoms with Crippen molar-refractivity contribution < 1.29 is 18.7 Å². The molecule has 5 nitrogen and oxygen atoms in total. The maximum Gasteiger partial charge on any atom is 0.244 e. The van der Waals surface area contributed by atoms with E-state index in [2.05, 4.69) is 10.6 Å².